The van der Waals surface area contributed by atoms with Crippen LogP contribution in [0.2, 0.25) is 0 Å². The van der Waals surface area contributed by atoms with E-state index in [0.29, 0.717) is 18.4 Å². The summed E-state index contributed by atoms with van der Waals surface area (Å²) in [4.78, 5) is 13.2. The van der Waals surface area contributed by atoms with E-state index < -0.39 is 9.05 Å². The van der Waals surface area contributed by atoms with Gasteiger partial charge in [0, 0.05) is 54.8 Å². The van der Waals surface area contributed by atoms with Gasteiger partial charge in [0.05, 0.1) is 0 Å². The summed E-state index contributed by atoms with van der Waals surface area (Å²) in [6.07, 6.45) is 1.78. The standard InChI is InChI=1S/C13H15ClN2O3S/c1-15(2)13(17)7-8-16-9-12(20(14,18)19)10-5-3-4-6-11(10)16/h3-6,9H,7-8H2,1-2H3. The first-order valence-electron chi connectivity index (χ1n) is 6.03. The van der Waals surface area contributed by atoms with Crippen LogP contribution in [-0.2, 0) is 20.4 Å². The summed E-state index contributed by atoms with van der Waals surface area (Å²) in [5.41, 5.74) is 0.748. The van der Waals surface area contributed by atoms with Crippen molar-refractivity contribution in [3.8, 4) is 0 Å². The molecule has 108 valence electrons. The quantitative estimate of drug-likeness (QED) is 0.812. The third-order valence-corrected chi connectivity index (χ3v) is 4.43. The van der Waals surface area contributed by atoms with E-state index in [2.05, 4.69) is 0 Å². The van der Waals surface area contributed by atoms with Crippen LogP contribution in [0.15, 0.2) is 35.4 Å². The third kappa shape index (κ3) is 2.96. The Bertz CT molecular complexity index is 750. The molecular formula is C13H15ClN2O3S. The molecular weight excluding hydrogens is 300 g/mol. The number of benzene rings is 1. The molecule has 1 aromatic heterocycles. The predicted molar refractivity (Wildman–Crippen MR) is 78.3 cm³/mol. The van der Waals surface area contributed by atoms with Crippen LogP contribution in [0.4, 0.5) is 0 Å². The minimum absolute atomic E-state index is 0.0157. The summed E-state index contributed by atoms with van der Waals surface area (Å²) in [6.45, 7) is 0.407. The van der Waals surface area contributed by atoms with E-state index in [1.54, 1.807) is 36.9 Å². The van der Waals surface area contributed by atoms with E-state index >= 15 is 0 Å². The van der Waals surface area contributed by atoms with Crippen LogP contribution in [0, 0.1) is 0 Å². The number of aryl methyl sites for hydroxylation is 1. The molecule has 0 bridgehead atoms. The second-order valence-corrected chi connectivity index (χ2v) is 7.21. The smallest absolute Gasteiger partial charge is 0.263 e. The minimum atomic E-state index is -3.81. The molecule has 1 heterocycles. The van der Waals surface area contributed by atoms with E-state index in [1.807, 2.05) is 6.07 Å². The molecule has 1 aromatic carbocycles. The van der Waals surface area contributed by atoms with Gasteiger partial charge in [0.25, 0.3) is 9.05 Å². The number of fused-ring (bicyclic) bond motifs is 1. The molecule has 0 unspecified atom stereocenters. The van der Waals surface area contributed by atoms with Crippen LogP contribution in [0.3, 0.4) is 0 Å². The van der Waals surface area contributed by atoms with E-state index in [4.69, 9.17) is 10.7 Å². The average molecular weight is 315 g/mol. The number of hydrogen-bond donors (Lipinski definition) is 0. The SMILES string of the molecule is CN(C)C(=O)CCn1cc(S(=O)(=O)Cl)c2ccccc21. The first kappa shape index (κ1) is 14.9. The monoisotopic (exact) mass is 314 g/mol. The number of nitrogens with zero attached hydrogens (tertiary/aromatic N) is 2. The number of rotatable bonds is 4. The Labute approximate surface area is 122 Å². The molecule has 0 fully saturated rings. The number of para-hydroxylation sites is 1. The van der Waals surface area contributed by atoms with Gasteiger partial charge in [0.2, 0.25) is 5.91 Å². The Balaban J connectivity index is 2.42. The van der Waals surface area contributed by atoms with Gasteiger partial charge < -0.3 is 9.47 Å². The zero-order valence-corrected chi connectivity index (χ0v) is 12.8. The molecule has 5 nitrogen and oxygen atoms in total. The van der Waals surface area contributed by atoms with Gasteiger partial charge in [-0.25, -0.2) is 8.42 Å². The lowest BCUT2D eigenvalue weighted by atomic mass is 10.2. The normalized spacial score (nSPS) is 11.8. The van der Waals surface area contributed by atoms with Crippen molar-refractivity contribution in [3.05, 3.63) is 30.5 Å². The summed E-state index contributed by atoms with van der Waals surface area (Å²) in [7, 11) is 5.01. The summed E-state index contributed by atoms with van der Waals surface area (Å²) >= 11 is 0. The van der Waals surface area contributed by atoms with Crippen LogP contribution >= 0.6 is 10.7 Å². The Kier molecular flexibility index (Phi) is 4.06. The second kappa shape index (κ2) is 5.46. The third-order valence-electron chi connectivity index (χ3n) is 3.08. The number of aromatic nitrogens is 1. The van der Waals surface area contributed by atoms with Crippen molar-refractivity contribution in [1.82, 2.24) is 9.47 Å². The molecule has 2 rings (SSSR count). The van der Waals surface area contributed by atoms with Gasteiger partial charge in [-0.05, 0) is 6.07 Å². The summed E-state index contributed by atoms with van der Waals surface area (Å²) in [5, 5.41) is 0.569. The van der Waals surface area contributed by atoms with Gasteiger partial charge in [-0.1, -0.05) is 18.2 Å². The van der Waals surface area contributed by atoms with Gasteiger partial charge in [0.15, 0.2) is 0 Å². The van der Waals surface area contributed by atoms with E-state index in [1.165, 1.54) is 11.1 Å². The first-order chi connectivity index (χ1) is 9.30. The number of carbonyl (C=O) groups excluding carboxylic acids is 1. The number of hydrogen-bond acceptors (Lipinski definition) is 3. The lowest BCUT2D eigenvalue weighted by Crippen LogP contribution is -2.22. The largest absolute Gasteiger partial charge is 0.349 e. The van der Waals surface area contributed by atoms with Crippen molar-refractivity contribution in [3.63, 3.8) is 0 Å². The molecule has 2 aromatic rings. The fourth-order valence-electron chi connectivity index (χ4n) is 2.03. The Morgan fingerprint density at radius 2 is 1.95 bits per heavy atom. The summed E-state index contributed by atoms with van der Waals surface area (Å²) in [6, 6.07) is 7.08. The highest BCUT2D eigenvalue weighted by Gasteiger charge is 2.18. The van der Waals surface area contributed by atoms with Crippen LogP contribution < -0.4 is 0 Å². The van der Waals surface area contributed by atoms with Crippen LogP contribution in [0.1, 0.15) is 6.42 Å². The van der Waals surface area contributed by atoms with Gasteiger partial charge in [-0.15, -0.1) is 0 Å². The van der Waals surface area contributed by atoms with Crippen LogP contribution in [0.5, 0.6) is 0 Å². The highest BCUT2D eigenvalue weighted by molar-refractivity contribution is 8.14. The van der Waals surface area contributed by atoms with Crippen molar-refractivity contribution < 1.29 is 13.2 Å². The summed E-state index contributed by atoms with van der Waals surface area (Å²) < 4.78 is 24.9. The Hall–Kier alpha value is -1.53. The van der Waals surface area contributed by atoms with Crippen molar-refractivity contribution in [2.24, 2.45) is 0 Å². The highest BCUT2D eigenvalue weighted by atomic mass is 35.7. The van der Waals surface area contributed by atoms with Crippen molar-refractivity contribution in [2.45, 2.75) is 17.9 Å². The molecule has 20 heavy (non-hydrogen) atoms. The van der Waals surface area contributed by atoms with Crippen LogP contribution in [0.25, 0.3) is 10.9 Å². The molecule has 0 N–H and O–H groups in total. The van der Waals surface area contributed by atoms with Crippen molar-refractivity contribution in [2.75, 3.05) is 14.1 Å². The molecule has 0 atom stereocenters. The molecule has 0 aliphatic heterocycles. The lowest BCUT2D eigenvalue weighted by molar-refractivity contribution is -0.128. The second-order valence-electron chi connectivity index (χ2n) is 4.68. The van der Waals surface area contributed by atoms with Crippen molar-refractivity contribution in [1.29, 1.82) is 0 Å². The molecule has 0 aliphatic carbocycles. The zero-order valence-electron chi connectivity index (χ0n) is 11.2. The molecule has 0 aliphatic rings. The molecule has 0 saturated carbocycles. The Morgan fingerprint density at radius 3 is 2.55 bits per heavy atom. The zero-order chi connectivity index (χ0) is 14.9. The van der Waals surface area contributed by atoms with E-state index in [9.17, 15) is 13.2 Å². The highest BCUT2D eigenvalue weighted by Crippen LogP contribution is 2.28. The number of carbonyl (C=O) groups is 1. The molecule has 0 spiro atoms. The molecule has 1 amide bonds. The fourth-order valence-corrected chi connectivity index (χ4v) is 3.09. The maximum absolute atomic E-state index is 11.6. The molecule has 7 heteroatoms. The van der Waals surface area contributed by atoms with Crippen LogP contribution in [-0.4, -0.2) is 37.9 Å². The first-order valence-corrected chi connectivity index (χ1v) is 8.34. The van der Waals surface area contributed by atoms with Gasteiger partial charge in [-0.3, -0.25) is 4.79 Å². The minimum Gasteiger partial charge on any atom is -0.349 e. The predicted octanol–water partition coefficient (Wildman–Crippen LogP) is 2.05. The molecule has 0 saturated heterocycles. The van der Waals surface area contributed by atoms with Crippen molar-refractivity contribution >= 4 is 36.5 Å². The maximum atomic E-state index is 11.6. The number of amides is 1. The topological polar surface area (TPSA) is 59.4 Å². The van der Waals surface area contributed by atoms with Gasteiger partial charge in [-0.2, -0.15) is 0 Å². The lowest BCUT2D eigenvalue weighted by Gasteiger charge is -2.10. The van der Waals surface area contributed by atoms with Gasteiger partial charge >= 0.3 is 0 Å². The van der Waals surface area contributed by atoms with Gasteiger partial charge in [0.1, 0.15) is 4.90 Å². The number of halogens is 1. The maximum Gasteiger partial charge on any atom is 0.263 e. The van der Waals surface area contributed by atoms with E-state index in [-0.39, 0.29) is 10.8 Å². The average Bonchev–Trinajstić information content (AvgIpc) is 2.74. The fraction of sp³-hybridized carbons (Fsp3) is 0.308. The molecule has 0 radical (unpaired) electrons. The van der Waals surface area contributed by atoms with E-state index in [0.717, 1.165) is 5.52 Å². The Morgan fingerprint density at radius 1 is 1.30 bits per heavy atom. The summed E-state index contributed by atoms with van der Waals surface area (Å²) in [5.74, 6) is -0.0157.